The van der Waals surface area contributed by atoms with Gasteiger partial charge in [-0.05, 0) is 30.2 Å². The summed E-state index contributed by atoms with van der Waals surface area (Å²) in [5, 5.41) is 5.82. The Kier molecular flexibility index (Phi) is 7.93. The topological polar surface area (TPSA) is 77.6 Å². The third kappa shape index (κ3) is 6.64. The number of nitrogens with zero attached hydrogens (tertiary/aromatic N) is 3. The van der Waals surface area contributed by atoms with E-state index in [0.29, 0.717) is 30.3 Å². The molecule has 1 fully saturated rings. The SMILES string of the molecule is CC(C)CNC(=O)c1ccccc1NC(=O)CN1CCN(Cc2ccccn2)CC1. The third-order valence-electron chi connectivity index (χ3n) is 5.06. The van der Waals surface area contributed by atoms with E-state index in [1.54, 1.807) is 18.2 Å². The summed E-state index contributed by atoms with van der Waals surface area (Å²) in [5.41, 5.74) is 2.11. The molecule has 1 aromatic heterocycles. The lowest BCUT2D eigenvalue weighted by Crippen LogP contribution is -2.48. The molecule has 7 nitrogen and oxygen atoms in total. The maximum Gasteiger partial charge on any atom is 0.253 e. The highest BCUT2D eigenvalue weighted by Crippen LogP contribution is 2.15. The van der Waals surface area contributed by atoms with Crippen molar-refractivity contribution < 1.29 is 9.59 Å². The van der Waals surface area contributed by atoms with Gasteiger partial charge in [0.15, 0.2) is 0 Å². The van der Waals surface area contributed by atoms with E-state index in [0.717, 1.165) is 38.4 Å². The van der Waals surface area contributed by atoms with Crippen LogP contribution in [-0.4, -0.2) is 65.9 Å². The first-order valence-corrected chi connectivity index (χ1v) is 10.5. The van der Waals surface area contributed by atoms with E-state index in [1.807, 2.05) is 44.3 Å². The fourth-order valence-electron chi connectivity index (χ4n) is 3.40. The second-order valence-corrected chi connectivity index (χ2v) is 8.07. The van der Waals surface area contributed by atoms with E-state index < -0.39 is 0 Å². The van der Waals surface area contributed by atoms with E-state index in [9.17, 15) is 9.59 Å². The Hall–Kier alpha value is -2.77. The zero-order chi connectivity index (χ0) is 21.3. The second-order valence-electron chi connectivity index (χ2n) is 8.07. The van der Waals surface area contributed by atoms with Crippen LogP contribution in [0.1, 0.15) is 29.9 Å². The Morgan fingerprint density at radius 2 is 1.70 bits per heavy atom. The van der Waals surface area contributed by atoms with Crippen molar-refractivity contribution in [3.8, 4) is 0 Å². The van der Waals surface area contributed by atoms with Crippen LogP contribution in [0.15, 0.2) is 48.7 Å². The Labute approximate surface area is 178 Å². The number of hydrogen-bond donors (Lipinski definition) is 2. The van der Waals surface area contributed by atoms with Crippen LogP contribution in [0.25, 0.3) is 0 Å². The number of piperazine rings is 1. The number of aromatic nitrogens is 1. The number of rotatable bonds is 8. The zero-order valence-electron chi connectivity index (χ0n) is 17.8. The highest BCUT2D eigenvalue weighted by Gasteiger charge is 2.20. The molecule has 2 N–H and O–H groups in total. The minimum atomic E-state index is -0.164. The van der Waals surface area contributed by atoms with Gasteiger partial charge in [0.2, 0.25) is 5.91 Å². The lowest BCUT2D eigenvalue weighted by Gasteiger charge is -2.34. The molecule has 0 spiro atoms. The van der Waals surface area contributed by atoms with Gasteiger partial charge >= 0.3 is 0 Å². The van der Waals surface area contributed by atoms with Gasteiger partial charge in [-0.15, -0.1) is 0 Å². The van der Waals surface area contributed by atoms with Crippen LogP contribution in [0.5, 0.6) is 0 Å². The summed E-state index contributed by atoms with van der Waals surface area (Å²) in [7, 11) is 0. The van der Waals surface area contributed by atoms with Crippen LogP contribution >= 0.6 is 0 Å². The molecule has 2 amide bonds. The lowest BCUT2D eigenvalue weighted by atomic mass is 10.1. The minimum absolute atomic E-state index is 0.0997. The average molecular weight is 410 g/mol. The van der Waals surface area contributed by atoms with Gasteiger partial charge in [0.25, 0.3) is 5.91 Å². The van der Waals surface area contributed by atoms with Crippen molar-refractivity contribution in [1.82, 2.24) is 20.1 Å². The van der Waals surface area contributed by atoms with Crippen LogP contribution in [0, 0.1) is 5.92 Å². The van der Waals surface area contributed by atoms with Gasteiger partial charge in [-0.25, -0.2) is 0 Å². The van der Waals surface area contributed by atoms with Gasteiger partial charge in [0.1, 0.15) is 0 Å². The number of benzene rings is 1. The van der Waals surface area contributed by atoms with Crippen molar-refractivity contribution in [2.75, 3.05) is 44.6 Å². The van der Waals surface area contributed by atoms with Gasteiger partial charge in [0.05, 0.1) is 23.5 Å². The van der Waals surface area contributed by atoms with Crippen LogP contribution in [0.3, 0.4) is 0 Å². The summed E-state index contributed by atoms with van der Waals surface area (Å²) in [6.07, 6.45) is 1.82. The van der Waals surface area contributed by atoms with E-state index in [-0.39, 0.29) is 11.8 Å². The predicted octanol–water partition coefficient (Wildman–Crippen LogP) is 2.22. The maximum atomic E-state index is 12.6. The molecule has 1 aliphatic rings. The molecular formula is C23H31N5O2. The summed E-state index contributed by atoms with van der Waals surface area (Å²) < 4.78 is 0. The highest BCUT2D eigenvalue weighted by atomic mass is 16.2. The molecule has 1 aromatic carbocycles. The summed E-state index contributed by atoms with van der Waals surface area (Å²) in [4.78, 5) is 33.9. The fourth-order valence-corrected chi connectivity index (χ4v) is 3.40. The van der Waals surface area contributed by atoms with Crippen molar-refractivity contribution in [2.45, 2.75) is 20.4 Å². The summed E-state index contributed by atoms with van der Waals surface area (Å²) in [6, 6.07) is 13.1. The Balaban J connectivity index is 1.48. The number of amides is 2. The maximum absolute atomic E-state index is 12.6. The standard InChI is InChI=1S/C23H31N5O2/c1-18(2)15-25-23(30)20-8-3-4-9-21(20)26-22(29)17-28-13-11-27(12-14-28)16-19-7-5-6-10-24-19/h3-10,18H,11-17H2,1-2H3,(H,25,30)(H,26,29). The Morgan fingerprint density at radius 1 is 1.00 bits per heavy atom. The smallest absolute Gasteiger partial charge is 0.253 e. The van der Waals surface area contributed by atoms with Crippen LogP contribution < -0.4 is 10.6 Å². The number of nitrogens with one attached hydrogen (secondary N) is 2. The number of para-hydroxylation sites is 1. The van der Waals surface area contributed by atoms with E-state index in [1.165, 1.54) is 0 Å². The number of hydrogen-bond acceptors (Lipinski definition) is 5. The molecule has 3 rings (SSSR count). The third-order valence-corrected chi connectivity index (χ3v) is 5.06. The van der Waals surface area contributed by atoms with Crippen molar-refractivity contribution in [1.29, 1.82) is 0 Å². The molecule has 160 valence electrons. The first-order valence-electron chi connectivity index (χ1n) is 10.5. The highest BCUT2D eigenvalue weighted by molar-refractivity contribution is 6.04. The first kappa shape index (κ1) is 21.9. The molecule has 1 saturated heterocycles. The minimum Gasteiger partial charge on any atom is -0.352 e. The quantitative estimate of drug-likeness (QED) is 0.699. The molecule has 0 saturated carbocycles. The van der Waals surface area contributed by atoms with Gasteiger partial charge in [-0.3, -0.25) is 24.4 Å². The molecule has 0 bridgehead atoms. The largest absolute Gasteiger partial charge is 0.352 e. The molecule has 1 aliphatic heterocycles. The van der Waals surface area contributed by atoms with Gasteiger partial charge in [0, 0.05) is 45.5 Å². The molecule has 0 atom stereocenters. The molecule has 2 aromatic rings. The molecule has 7 heteroatoms. The van der Waals surface area contributed by atoms with Crippen molar-refractivity contribution >= 4 is 17.5 Å². The zero-order valence-corrected chi connectivity index (χ0v) is 17.8. The van der Waals surface area contributed by atoms with E-state index in [2.05, 4.69) is 25.4 Å². The molecule has 0 radical (unpaired) electrons. The lowest BCUT2D eigenvalue weighted by molar-refractivity contribution is -0.117. The second kappa shape index (κ2) is 10.8. The molecule has 0 unspecified atom stereocenters. The summed E-state index contributed by atoms with van der Waals surface area (Å²) in [6.45, 7) is 9.31. The number of anilines is 1. The van der Waals surface area contributed by atoms with Crippen molar-refractivity contribution in [3.63, 3.8) is 0 Å². The summed E-state index contributed by atoms with van der Waals surface area (Å²) >= 11 is 0. The first-order chi connectivity index (χ1) is 14.5. The van der Waals surface area contributed by atoms with Gasteiger partial charge < -0.3 is 10.6 Å². The average Bonchev–Trinajstić information content (AvgIpc) is 2.74. The molecule has 2 heterocycles. The number of carbonyl (C=O) groups is 2. The van der Waals surface area contributed by atoms with Crippen molar-refractivity contribution in [3.05, 3.63) is 59.9 Å². The Morgan fingerprint density at radius 3 is 2.40 bits per heavy atom. The van der Waals surface area contributed by atoms with Crippen molar-refractivity contribution in [2.24, 2.45) is 5.92 Å². The fraction of sp³-hybridized carbons (Fsp3) is 0.435. The molecular weight excluding hydrogens is 378 g/mol. The van der Waals surface area contributed by atoms with E-state index in [4.69, 9.17) is 0 Å². The number of carbonyl (C=O) groups excluding carboxylic acids is 2. The predicted molar refractivity (Wildman–Crippen MR) is 118 cm³/mol. The normalized spacial score (nSPS) is 15.2. The Bertz CT molecular complexity index is 832. The van der Waals surface area contributed by atoms with Crippen LogP contribution in [0.2, 0.25) is 0 Å². The summed E-state index contributed by atoms with van der Waals surface area (Å²) in [5.74, 6) is 0.104. The van der Waals surface area contributed by atoms with Gasteiger partial charge in [-0.1, -0.05) is 32.0 Å². The van der Waals surface area contributed by atoms with Crippen LogP contribution in [0.4, 0.5) is 5.69 Å². The van der Waals surface area contributed by atoms with Crippen LogP contribution in [-0.2, 0) is 11.3 Å². The molecule has 0 aliphatic carbocycles. The molecule has 30 heavy (non-hydrogen) atoms. The van der Waals surface area contributed by atoms with Gasteiger partial charge in [-0.2, -0.15) is 0 Å². The van der Waals surface area contributed by atoms with E-state index >= 15 is 0 Å². The monoisotopic (exact) mass is 409 g/mol. The number of pyridine rings is 1.